The molecule has 0 atom stereocenters. The minimum atomic E-state index is -0.170. The van der Waals surface area contributed by atoms with Gasteiger partial charge in [0.2, 0.25) is 0 Å². The van der Waals surface area contributed by atoms with Gasteiger partial charge in [0, 0.05) is 19.2 Å². The van der Waals surface area contributed by atoms with Gasteiger partial charge in [-0.15, -0.1) is 0 Å². The van der Waals surface area contributed by atoms with Crippen molar-refractivity contribution in [1.29, 1.82) is 0 Å². The Bertz CT molecular complexity index is 552. The lowest BCUT2D eigenvalue weighted by atomic mass is 10.1. The molecular formula is C13H13ClN2O2. The molecule has 1 heterocycles. The highest BCUT2D eigenvalue weighted by molar-refractivity contribution is 6.33. The normalized spacial score (nSPS) is 10.3. The van der Waals surface area contributed by atoms with E-state index in [1.807, 2.05) is 6.07 Å². The molecule has 0 aliphatic carbocycles. The topological polar surface area (TPSA) is 59.5 Å². The van der Waals surface area contributed by atoms with E-state index in [1.165, 1.54) is 0 Å². The van der Waals surface area contributed by atoms with Crippen LogP contribution in [-0.4, -0.2) is 17.9 Å². The Morgan fingerprint density at radius 3 is 2.89 bits per heavy atom. The van der Waals surface area contributed by atoms with Gasteiger partial charge in [-0.25, -0.2) is 0 Å². The van der Waals surface area contributed by atoms with Crippen LogP contribution < -0.4 is 5.73 Å². The van der Waals surface area contributed by atoms with Crippen molar-refractivity contribution in [3.8, 4) is 0 Å². The summed E-state index contributed by atoms with van der Waals surface area (Å²) in [5, 5.41) is 0.387. The maximum Gasteiger partial charge on any atom is 0.256 e. The predicted octanol–water partition coefficient (Wildman–Crippen LogP) is 2.79. The SMILES string of the molecule is CN(Cc1ccoc1)C(=O)c1cccc(Cl)c1N. The van der Waals surface area contributed by atoms with Gasteiger partial charge in [0.1, 0.15) is 0 Å². The summed E-state index contributed by atoms with van der Waals surface area (Å²) < 4.78 is 4.96. The largest absolute Gasteiger partial charge is 0.472 e. The van der Waals surface area contributed by atoms with E-state index < -0.39 is 0 Å². The van der Waals surface area contributed by atoms with Crippen LogP contribution >= 0.6 is 11.6 Å². The van der Waals surface area contributed by atoms with Crippen LogP contribution in [0.3, 0.4) is 0 Å². The zero-order chi connectivity index (χ0) is 13.1. The van der Waals surface area contributed by atoms with Crippen molar-refractivity contribution >= 4 is 23.2 Å². The summed E-state index contributed by atoms with van der Waals surface area (Å²) in [6.07, 6.45) is 3.17. The van der Waals surface area contributed by atoms with Crippen molar-refractivity contribution in [2.45, 2.75) is 6.54 Å². The summed E-state index contributed by atoms with van der Waals surface area (Å²) >= 11 is 5.89. The first-order chi connectivity index (χ1) is 8.59. The molecule has 0 saturated carbocycles. The highest BCUT2D eigenvalue weighted by atomic mass is 35.5. The van der Waals surface area contributed by atoms with Crippen LogP contribution in [0.1, 0.15) is 15.9 Å². The molecule has 94 valence electrons. The number of anilines is 1. The summed E-state index contributed by atoms with van der Waals surface area (Å²) in [6.45, 7) is 0.460. The smallest absolute Gasteiger partial charge is 0.256 e. The van der Waals surface area contributed by atoms with Crippen LogP contribution in [0.15, 0.2) is 41.2 Å². The van der Waals surface area contributed by atoms with Crippen molar-refractivity contribution in [3.05, 3.63) is 52.9 Å². The lowest BCUT2D eigenvalue weighted by Crippen LogP contribution is -2.26. The van der Waals surface area contributed by atoms with E-state index in [0.717, 1.165) is 5.56 Å². The van der Waals surface area contributed by atoms with E-state index in [0.29, 0.717) is 22.8 Å². The zero-order valence-corrected chi connectivity index (χ0v) is 10.6. The summed E-state index contributed by atoms with van der Waals surface area (Å²) in [7, 11) is 1.70. The molecular weight excluding hydrogens is 252 g/mol. The van der Waals surface area contributed by atoms with Crippen molar-refractivity contribution in [2.75, 3.05) is 12.8 Å². The fraction of sp³-hybridized carbons (Fsp3) is 0.154. The van der Waals surface area contributed by atoms with E-state index in [9.17, 15) is 4.79 Å². The average molecular weight is 265 g/mol. The number of carbonyl (C=O) groups excluding carboxylic acids is 1. The minimum Gasteiger partial charge on any atom is -0.472 e. The maximum absolute atomic E-state index is 12.2. The molecule has 0 saturated heterocycles. The van der Waals surface area contributed by atoms with Gasteiger partial charge in [0.05, 0.1) is 28.8 Å². The van der Waals surface area contributed by atoms with Crippen LogP contribution in [0.5, 0.6) is 0 Å². The molecule has 0 spiro atoms. The van der Waals surface area contributed by atoms with E-state index in [1.54, 1.807) is 42.7 Å². The molecule has 0 aliphatic rings. The molecule has 1 aromatic heterocycles. The minimum absolute atomic E-state index is 0.170. The molecule has 0 bridgehead atoms. The third kappa shape index (κ3) is 2.49. The second-order valence-corrected chi connectivity index (χ2v) is 4.40. The number of rotatable bonds is 3. The van der Waals surface area contributed by atoms with Crippen molar-refractivity contribution in [3.63, 3.8) is 0 Å². The number of nitrogens with two attached hydrogens (primary N) is 1. The lowest BCUT2D eigenvalue weighted by Gasteiger charge is -2.17. The van der Waals surface area contributed by atoms with Gasteiger partial charge in [-0.2, -0.15) is 0 Å². The van der Waals surface area contributed by atoms with Crippen molar-refractivity contribution in [1.82, 2.24) is 4.90 Å². The Labute approximate surface area is 110 Å². The Morgan fingerprint density at radius 2 is 2.22 bits per heavy atom. The third-order valence-corrected chi connectivity index (χ3v) is 2.96. The monoisotopic (exact) mass is 264 g/mol. The second kappa shape index (κ2) is 5.14. The van der Waals surface area contributed by atoms with Crippen LogP contribution in [0.25, 0.3) is 0 Å². The molecule has 2 rings (SSSR count). The first-order valence-electron chi connectivity index (χ1n) is 5.40. The van der Waals surface area contributed by atoms with Crippen molar-refractivity contribution in [2.24, 2.45) is 0 Å². The van der Waals surface area contributed by atoms with Gasteiger partial charge >= 0.3 is 0 Å². The van der Waals surface area contributed by atoms with Crippen LogP contribution in [0.2, 0.25) is 5.02 Å². The van der Waals surface area contributed by atoms with Gasteiger partial charge in [-0.3, -0.25) is 4.79 Å². The number of halogens is 1. The summed E-state index contributed by atoms with van der Waals surface area (Å²) in [5.74, 6) is -0.170. The average Bonchev–Trinajstić information content (AvgIpc) is 2.84. The molecule has 0 unspecified atom stereocenters. The number of carbonyl (C=O) groups is 1. The molecule has 18 heavy (non-hydrogen) atoms. The number of para-hydroxylation sites is 1. The number of amides is 1. The fourth-order valence-corrected chi connectivity index (χ4v) is 1.83. The van der Waals surface area contributed by atoms with Crippen LogP contribution in [-0.2, 0) is 6.54 Å². The van der Waals surface area contributed by atoms with E-state index in [-0.39, 0.29) is 5.91 Å². The van der Waals surface area contributed by atoms with E-state index in [2.05, 4.69) is 0 Å². The highest BCUT2D eigenvalue weighted by Crippen LogP contribution is 2.23. The van der Waals surface area contributed by atoms with Crippen LogP contribution in [0, 0.1) is 0 Å². The van der Waals surface area contributed by atoms with E-state index in [4.69, 9.17) is 21.8 Å². The summed E-state index contributed by atoms with van der Waals surface area (Å²) in [4.78, 5) is 13.8. The number of hydrogen-bond acceptors (Lipinski definition) is 3. The highest BCUT2D eigenvalue weighted by Gasteiger charge is 2.16. The lowest BCUT2D eigenvalue weighted by molar-refractivity contribution is 0.0786. The fourth-order valence-electron chi connectivity index (χ4n) is 1.66. The first-order valence-corrected chi connectivity index (χ1v) is 5.78. The second-order valence-electron chi connectivity index (χ2n) is 3.99. The zero-order valence-electron chi connectivity index (χ0n) is 9.89. The number of benzene rings is 1. The quantitative estimate of drug-likeness (QED) is 0.867. The van der Waals surface area contributed by atoms with Crippen molar-refractivity contribution < 1.29 is 9.21 Å². The summed E-state index contributed by atoms with van der Waals surface area (Å²) in [6, 6.07) is 6.84. The molecule has 5 heteroatoms. The third-order valence-electron chi connectivity index (χ3n) is 2.63. The van der Waals surface area contributed by atoms with Gasteiger partial charge in [-0.05, 0) is 18.2 Å². The molecule has 0 fully saturated rings. The standard InChI is InChI=1S/C13H13ClN2O2/c1-16(7-9-5-6-18-8-9)13(17)10-3-2-4-11(14)12(10)15/h2-6,8H,7,15H2,1H3. The molecule has 0 aliphatic heterocycles. The summed E-state index contributed by atoms with van der Waals surface area (Å²) in [5.41, 5.74) is 7.44. The molecule has 4 nitrogen and oxygen atoms in total. The molecule has 1 aromatic carbocycles. The molecule has 2 N–H and O–H groups in total. The molecule has 0 radical (unpaired) electrons. The van der Waals surface area contributed by atoms with Gasteiger partial charge < -0.3 is 15.1 Å². The Morgan fingerprint density at radius 1 is 1.44 bits per heavy atom. The van der Waals surface area contributed by atoms with E-state index >= 15 is 0 Å². The van der Waals surface area contributed by atoms with Gasteiger partial charge in [0.25, 0.3) is 5.91 Å². The molecule has 1 amide bonds. The Balaban J connectivity index is 2.18. The number of nitrogen functional groups attached to an aromatic ring is 1. The number of furan rings is 1. The predicted molar refractivity (Wildman–Crippen MR) is 70.4 cm³/mol. The Hall–Kier alpha value is -1.94. The number of hydrogen-bond donors (Lipinski definition) is 1. The van der Waals surface area contributed by atoms with Crippen LogP contribution in [0.4, 0.5) is 5.69 Å². The molecule has 2 aromatic rings. The Kier molecular flexibility index (Phi) is 3.58. The maximum atomic E-state index is 12.2. The number of nitrogens with zero attached hydrogens (tertiary/aromatic N) is 1. The van der Waals surface area contributed by atoms with Gasteiger partial charge in [-0.1, -0.05) is 17.7 Å². The van der Waals surface area contributed by atoms with Gasteiger partial charge in [0.15, 0.2) is 0 Å². The first kappa shape index (κ1) is 12.5.